The van der Waals surface area contributed by atoms with E-state index in [9.17, 15) is 0 Å². The molecular weight excluding hydrogens is 386 g/mol. The third kappa shape index (κ3) is 7.44. The number of benzene rings is 2. The van der Waals surface area contributed by atoms with Crippen LogP contribution in [-0.2, 0) is 4.74 Å². The van der Waals surface area contributed by atoms with Gasteiger partial charge in [-0.15, -0.1) is 0 Å². The fraction of sp³-hybridized carbons (Fsp3) is 0.409. The molecule has 1 aliphatic heterocycles. The summed E-state index contributed by atoms with van der Waals surface area (Å²) in [6.07, 6.45) is 3.03. The fourth-order valence-corrected chi connectivity index (χ4v) is 3.26. The average molecular weight is 416 g/mol. The molecule has 0 bridgehead atoms. The summed E-state index contributed by atoms with van der Waals surface area (Å²) in [5.74, 6) is 1.73. The van der Waals surface area contributed by atoms with Crippen LogP contribution in [0.4, 0.5) is 11.4 Å². The zero-order valence-electron chi connectivity index (χ0n) is 16.6. The van der Waals surface area contributed by atoms with Crippen molar-refractivity contribution >= 4 is 28.7 Å². The lowest BCUT2D eigenvalue weighted by Crippen LogP contribution is -2.36. The number of ether oxygens (including phenoxy) is 3. The molecule has 1 saturated heterocycles. The van der Waals surface area contributed by atoms with Gasteiger partial charge in [0.25, 0.3) is 0 Å². The van der Waals surface area contributed by atoms with Crippen LogP contribution in [0.2, 0.25) is 0 Å². The molecule has 0 unspecified atom stereocenters. The molecule has 6 nitrogen and oxygen atoms in total. The maximum absolute atomic E-state index is 5.85. The molecule has 7 heteroatoms. The predicted molar refractivity (Wildman–Crippen MR) is 121 cm³/mol. The van der Waals surface area contributed by atoms with Gasteiger partial charge >= 0.3 is 0 Å². The second-order valence-electron chi connectivity index (χ2n) is 6.87. The highest BCUT2D eigenvalue weighted by molar-refractivity contribution is 7.80. The summed E-state index contributed by atoms with van der Waals surface area (Å²) in [5.41, 5.74) is 7.55. The van der Waals surface area contributed by atoms with Crippen molar-refractivity contribution < 1.29 is 14.2 Å². The third-order valence-electron chi connectivity index (χ3n) is 4.64. The number of hydrogen-bond acceptors (Lipinski definition) is 5. The number of nitrogens with zero attached hydrogens (tertiary/aromatic N) is 1. The van der Waals surface area contributed by atoms with Gasteiger partial charge in [-0.05, 0) is 67.9 Å². The van der Waals surface area contributed by atoms with Gasteiger partial charge in [0.15, 0.2) is 5.11 Å². The fourth-order valence-electron chi connectivity index (χ4n) is 3.14. The molecule has 0 aromatic heterocycles. The van der Waals surface area contributed by atoms with Gasteiger partial charge in [-0.25, -0.2) is 0 Å². The molecule has 3 rings (SSSR count). The summed E-state index contributed by atoms with van der Waals surface area (Å²) in [6.45, 7) is 4.88. The van der Waals surface area contributed by atoms with Crippen LogP contribution in [0.15, 0.2) is 48.5 Å². The summed E-state index contributed by atoms with van der Waals surface area (Å²) in [7, 11) is 0. The first kappa shape index (κ1) is 21.2. The van der Waals surface area contributed by atoms with E-state index in [2.05, 4.69) is 22.3 Å². The quantitative estimate of drug-likeness (QED) is 0.452. The first-order valence-corrected chi connectivity index (χ1v) is 10.5. The van der Waals surface area contributed by atoms with Crippen LogP contribution in [0.1, 0.15) is 19.3 Å². The van der Waals surface area contributed by atoms with Crippen LogP contribution in [0.5, 0.6) is 11.5 Å². The van der Waals surface area contributed by atoms with Gasteiger partial charge in [-0.3, -0.25) is 0 Å². The molecule has 0 amide bonds. The molecule has 3 N–H and O–H groups in total. The van der Waals surface area contributed by atoms with Crippen LogP contribution in [0.25, 0.3) is 0 Å². The third-order valence-corrected chi connectivity index (χ3v) is 4.74. The lowest BCUT2D eigenvalue weighted by molar-refractivity contribution is 0.122. The van der Waals surface area contributed by atoms with Crippen molar-refractivity contribution in [3.63, 3.8) is 0 Å². The Labute approximate surface area is 177 Å². The van der Waals surface area contributed by atoms with Gasteiger partial charge < -0.3 is 30.2 Å². The highest BCUT2D eigenvalue weighted by atomic mass is 32.1. The highest BCUT2D eigenvalue weighted by Gasteiger charge is 2.10. The summed E-state index contributed by atoms with van der Waals surface area (Å²) in [4.78, 5) is 2.34. The number of hydrogen-bond donors (Lipinski definition) is 2. The first-order valence-electron chi connectivity index (χ1n) is 10.1. The lowest BCUT2D eigenvalue weighted by Gasteiger charge is -2.28. The molecule has 1 aliphatic rings. The average Bonchev–Trinajstić information content (AvgIpc) is 2.74. The van der Waals surface area contributed by atoms with Crippen LogP contribution in [0.3, 0.4) is 0 Å². The SMILES string of the molecule is NC(=S)Nc1cccc(OCCCCCOc2ccc(N3CCOCC3)cc2)c1. The Morgan fingerprint density at radius 2 is 1.66 bits per heavy atom. The molecule has 2 aromatic carbocycles. The second kappa shape index (κ2) is 11.5. The lowest BCUT2D eigenvalue weighted by atomic mass is 10.2. The van der Waals surface area contributed by atoms with Crippen molar-refractivity contribution in [2.24, 2.45) is 5.73 Å². The van der Waals surface area contributed by atoms with Crippen molar-refractivity contribution in [1.29, 1.82) is 0 Å². The molecule has 0 saturated carbocycles. The summed E-state index contributed by atoms with van der Waals surface area (Å²) >= 11 is 4.85. The summed E-state index contributed by atoms with van der Waals surface area (Å²) in [6, 6.07) is 16.0. The Hall–Kier alpha value is -2.51. The summed E-state index contributed by atoms with van der Waals surface area (Å²) in [5, 5.41) is 3.15. The number of rotatable bonds is 10. The molecule has 29 heavy (non-hydrogen) atoms. The number of nitrogens with two attached hydrogens (primary N) is 1. The number of anilines is 2. The Morgan fingerprint density at radius 1 is 0.966 bits per heavy atom. The monoisotopic (exact) mass is 415 g/mol. The smallest absolute Gasteiger partial charge is 0.168 e. The van der Waals surface area contributed by atoms with Gasteiger partial charge in [-0.1, -0.05) is 6.07 Å². The van der Waals surface area contributed by atoms with E-state index in [1.165, 1.54) is 5.69 Å². The van der Waals surface area contributed by atoms with E-state index in [-0.39, 0.29) is 5.11 Å². The minimum Gasteiger partial charge on any atom is -0.494 e. The molecule has 0 aliphatic carbocycles. The standard InChI is InChI=1S/C22H29N3O3S/c23-22(29)24-18-5-4-6-21(17-18)28-14-3-1-2-13-27-20-9-7-19(8-10-20)25-11-15-26-16-12-25/h4-10,17H,1-3,11-16H2,(H3,23,24,29). The molecule has 1 heterocycles. The van der Waals surface area contributed by atoms with E-state index in [0.717, 1.165) is 62.8 Å². The largest absolute Gasteiger partial charge is 0.494 e. The van der Waals surface area contributed by atoms with E-state index >= 15 is 0 Å². The Morgan fingerprint density at radius 3 is 2.34 bits per heavy atom. The molecule has 0 spiro atoms. The van der Waals surface area contributed by atoms with Gasteiger partial charge in [0.1, 0.15) is 11.5 Å². The van der Waals surface area contributed by atoms with Crippen molar-refractivity contribution in [2.45, 2.75) is 19.3 Å². The van der Waals surface area contributed by atoms with E-state index in [1.54, 1.807) is 0 Å². The first-order chi connectivity index (χ1) is 14.2. The number of thiocarbonyl (C=S) groups is 1. The highest BCUT2D eigenvalue weighted by Crippen LogP contribution is 2.21. The zero-order chi connectivity index (χ0) is 20.3. The van der Waals surface area contributed by atoms with E-state index in [0.29, 0.717) is 13.2 Å². The Kier molecular flexibility index (Phi) is 8.40. The van der Waals surface area contributed by atoms with E-state index in [4.69, 9.17) is 32.2 Å². The number of unbranched alkanes of at least 4 members (excludes halogenated alkanes) is 2. The maximum atomic E-state index is 5.85. The predicted octanol–water partition coefficient (Wildman–Crippen LogP) is 3.81. The normalized spacial score (nSPS) is 13.7. The van der Waals surface area contributed by atoms with E-state index in [1.807, 2.05) is 36.4 Å². The number of nitrogens with one attached hydrogen (secondary N) is 1. The maximum Gasteiger partial charge on any atom is 0.168 e. The van der Waals surface area contributed by atoms with Gasteiger partial charge in [0.2, 0.25) is 0 Å². The minimum absolute atomic E-state index is 0.248. The van der Waals surface area contributed by atoms with Gasteiger partial charge in [-0.2, -0.15) is 0 Å². The molecule has 156 valence electrons. The van der Waals surface area contributed by atoms with Crippen molar-refractivity contribution in [3.05, 3.63) is 48.5 Å². The van der Waals surface area contributed by atoms with Gasteiger partial charge in [0.05, 0.1) is 26.4 Å². The summed E-state index contributed by atoms with van der Waals surface area (Å²) < 4.78 is 17.0. The van der Waals surface area contributed by atoms with Crippen LogP contribution >= 0.6 is 12.2 Å². The van der Waals surface area contributed by atoms with Gasteiger partial charge in [0, 0.05) is 30.5 Å². The van der Waals surface area contributed by atoms with Crippen LogP contribution in [0, 0.1) is 0 Å². The zero-order valence-corrected chi connectivity index (χ0v) is 17.5. The minimum atomic E-state index is 0.248. The van der Waals surface area contributed by atoms with Crippen molar-refractivity contribution in [3.8, 4) is 11.5 Å². The van der Waals surface area contributed by atoms with Crippen LogP contribution in [-0.4, -0.2) is 44.6 Å². The van der Waals surface area contributed by atoms with E-state index < -0.39 is 0 Å². The second-order valence-corrected chi connectivity index (χ2v) is 7.31. The van der Waals surface area contributed by atoms with Crippen molar-refractivity contribution in [1.82, 2.24) is 0 Å². The molecule has 2 aromatic rings. The van der Waals surface area contributed by atoms with Crippen LogP contribution < -0.4 is 25.4 Å². The Balaban J connectivity index is 1.28. The number of morpholine rings is 1. The molecule has 0 radical (unpaired) electrons. The Bertz CT molecular complexity index is 764. The molecule has 1 fully saturated rings. The molecular formula is C22H29N3O3S. The van der Waals surface area contributed by atoms with Crippen molar-refractivity contribution in [2.75, 3.05) is 49.7 Å². The topological polar surface area (TPSA) is 69.0 Å². The molecule has 0 atom stereocenters.